The first-order valence-electron chi connectivity index (χ1n) is 9.13. The van der Waals surface area contributed by atoms with E-state index in [0.717, 1.165) is 31.2 Å². The Balaban J connectivity index is 1.82. The first-order chi connectivity index (χ1) is 13.1. The molecular weight excluding hydrogens is 346 g/mol. The van der Waals surface area contributed by atoms with E-state index in [1.54, 1.807) is 29.7 Å². The molecule has 144 valence electrons. The van der Waals surface area contributed by atoms with E-state index < -0.39 is 0 Å². The van der Waals surface area contributed by atoms with E-state index in [-0.39, 0.29) is 18.1 Å². The summed E-state index contributed by atoms with van der Waals surface area (Å²) >= 11 is 0. The number of nitrogens with zero attached hydrogens (tertiary/aromatic N) is 5. The minimum absolute atomic E-state index is 0.0702. The zero-order valence-corrected chi connectivity index (χ0v) is 15.6. The molecule has 9 nitrogen and oxygen atoms in total. The Morgan fingerprint density at radius 1 is 1.15 bits per heavy atom. The summed E-state index contributed by atoms with van der Waals surface area (Å²) in [6.07, 6.45) is 10.00. The van der Waals surface area contributed by atoms with E-state index in [9.17, 15) is 4.79 Å². The Bertz CT molecular complexity index is 743. The molecule has 1 fully saturated rings. The number of nitrogens with two attached hydrogens (primary N) is 1. The van der Waals surface area contributed by atoms with Gasteiger partial charge in [0.1, 0.15) is 0 Å². The number of anilines is 1. The van der Waals surface area contributed by atoms with Gasteiger partial charge in [0, 0.05) is 36.6 Å². The summed E-state index contributed by atoms with van der Waals surface area (Å²) < 4.78 is 4.96. The first-order valence-corrected chi connectivity index (χ1v) is 9.13. The van der Waals surface area contributed by atoms with Crippen molar-refractivity contribution in [1.82, 2.24) is 25.3 Å². The molecule has 0 atom stereocenters. The lowest BCUT2D eigenvalue weighted by Crippen LogP contribution is -2.49. The fourth-order valence-electron chi connectivity index (χ4n) is 3.20. The first kappa shape index (κ1) is 19.0. The van der Waals surface area contributed by atoms with Gasteiger partial charge in [-0.25, -0.2) is 19.7 Å². The van der Waals surface area contributed by atoms with Crippen LogP contribution in [0.1, 0.15) is 32.6 Å². The third-order valence-corrected chi connectivity index (χ3v) is 4.64. The number of aromatic nitrogens is 4. The highest BCUT2D eigenvalue weighted by atomic mass is 16.5. The number of nitrogens with one attached hydrogen (secondary N) is 1. The summed E-state index contributed by atoms with van der Waals surface area (Å²) in [5.74, 6) is 0.527. The van der Waals surface area contributed by atoms with Crippen molar-refractivity contribution >= 4 is 11.8 Å². The van der Waals surface area contributed by atoms with Crippen LogP contribution in [-0.2, 0) is 0 Å². The average Bonchev–Trinajstić information content (AvgIpc) is 2.70. The maximum atomic E-state index is 12.6. The van der Waals surface area contributed by atoms with E-state index in [4.69, 9.17) is 10.5 Å². The van der Waals surface area contributed by atoms with Gasteiger partial charge >= 0.3 is 12.0 Å². The molecule has 2 amide bonds. The lowest BCUT2D eigenvalue weighted by atomic mass is 9.91. The van der Waals surface area contributed by atoms with Crippen LogP contribution in [0.25, 0.3) is 11.3 Å². The number of rotatable bonds is 5. The van der Waals surface area contributed by atoms with Crippen LogP contribution in [-0.4, -0.2) is 51.7 Å². The maximum absolute atomic E-state index is 12.6. The molecule has 2 aromatic rings. The Labute approximate surface area is 158 Å². The fourth-order valence-corrected chi connectivity index (χ4v) is 3.20. The van der Waals surface area contributed by atoms with Gasteiger partial charge in [-0.15, -0.1) is 0 Å². The molecule has 3 rings (SSSR count). The van der Waals surface area contributed by atoms with Crippen LogP contribution in [0, 0.1) is 0 Å². The van der Waals surface area contributed by atoms with Crippen LogP contribution in [0.2, 0.25) is 0 Å². The van der Waals surface area contributed by atoms with E-state index in [1.165, 1.54) is 7.11 Å². The quantitative estimate of drug-likeness (QED) is 0.821. The highest BCUT2D eigenvalue weighted by Crippen LogP contribution is 2.26. The molecule has 1 aliphatic rings. The monoisotopic (exact) mass is 371 g/mol. The van der Waals surface area contributed by atoms with Crippen molar-refractivity contribution < 1.29 is 9.53 Å². The minimum Gasteiger partial charge on any atom is -0.467 e. The third-order valence-electron chi connectivity index (χ3n) is 4.64. The van der Waals surface area contributed by atoms with Crippen LogP contribution in [0.4, 0.5) is 10.6 Å². The molecule has 2 aromatic heterocycles. The van der Waals surface area contributed by atoms with Crippen molar-refractivity contribution in [3.63, 3.8) is 0 Å². The summed E-state index contributed by atoms with van der Waals surface area (Å²) in [6.45, 7) is 2.45. The molecule has 1 aliphatic carbocycles. The predicted molar refractivity (Wildman–Crippen MR) is 101 cm³/mol. The van der Waals surface area contributed by atoms with Crippen LogP contribution < -0.4 is 20.7 Å². The molecule has 1 saturated carbocycles. The summed E-state index contributed by atoms with van der Waals surface area (Å²) in [4.78, 5) is 31.4. The second-order valence-corrected chi connectivity index (χ2v) is 6.49. The molecule has 27 heavy (non-hydrogen) atoms. The maximum Gasteiger partial charge on any atom is 0.323 e. The lowest BCUT2D eigenvalue weighted by molar-refractivity contribution is 0.240. The molecule has 0 aliphatic heterocycles. The zero-order chi connectivity index (χ0) is 19.2. The van der Waals surface area contributed by atoms with Gasteiger partial charge in [0.25, 0.3) is 0 Å². The number of methoxy groups -OCH3 is 1. The number of amides is 2. The zero-order valence-electron chi connectivity index (χ0n) is 15.6. The van der Waals surface area contributed by atoms with Gasteiger partial charge in [0.15, 0.2) is 5.82 Å². The summed E-state index contributed by atoms with van der Waals surface area (Å²) in [5, 5.41) is 2.87. The molecule has 0 radical (unpaired) electrons. The van der Waals surface area contributed by atoms with Crippen LogP contribution in [0.15, 0.2) is 24.8 Å². The number of hydrogen-bond acceptors (Lipinski definition) is 7. The summed E-state index contributed by atoms with van der Waals surface area (Å²) in [7, 11) is 1.51. The largest absolute Gasteiger partial charge is 0.467 e. The second kappa shape index (κ2) is 8.72. The molecule has 0 bridgehead atoms. The molecule has 0 aromatic carbocycles. The fraction of sp³-hybridized carbons (Fsp3) is 0.500. The molecule has 0 saturated heterocycles. The van der Waals surface area contributed by atoms with Crippen molar-refractivity contribution in [1.29, 1.82) is 0 Å². The van der Waals surface area contributed by atoms with Gasteiger partial charge in [-0.1, -0.05) is 0 Å². The normalized spacial score (nSPS) is 19.4. The molecule has 0 unspecified atom stereocenters. The Morgan fingerprint density at radius 2 is 1.85 bits per heavy atom. The number of carbonyl (C=O) groups excluding carboxylic acids is 1. The van der Waals surface area contributed by atoms with Gasteiger partial charge in [-0.2, -0.15) is 0 Å². The van der Waals surface area contributed by atoms with Crippen molar-refractivity contribution in [2.24, 2.45) is 5.73 Å². The highest BCUT2D eigenvalue weighted by Gasteiger charge is 2.29. The Kier molecular flexibility index (Phi) is 6.12. The van der Waals surface area contributed by atoms with E-state index in [0.29, 0.717) is 24.1 Å². The standard InChI is InChI=1S/C18H25N7O2/c1-3-20-18(26)25(14-6-4-13(19)5-7-14)16-11-21-15(10-22-16)12-8-23-17(27-2)24-9-12/h8-11,13-14H,3-7,19H2,1-2H3,(H,20,26)/t13-,14-. The van der Waals surface area contributed by atoms with Gasteiger partial charge in [0.2, 0.25) is 0 Å². The van der Waals surface area contributed by atoms with Gasteiger partial charge in [-0.3, -0.25) is 9.88 Å². The van der Waals surface area contributed by atoms with Crippen LogP contribution in [0.5, 0.6) is 6.01 Å². The third kappa shape index (κ3) is 4.48. The van der Waals surface area contributed by atoms with Crippen molar-refractivity contribution in [2.45, 2.75) is 44.7 Å². The summed E-state index contributed by atoms with van der Waals surface area (Å²) in [5.41, 5.74) is 7.36. The van der Waals surface area contributed by atoms with Crippen LogP contribution in [0.3, 0.4) is 0 Å². The molecule has 9 heteroatoms. The molecule has 2 heterocycles. The van der Waals surface area contributed by atoms with Crippen molar-refractivity contribution in [2.75, 3.05) is 18.6 Å². The SMILES string of the molecule is CCNC(=O)N(c1cnc(-c2cnc(OC)nc2)cn1)[C@H]1CC[C@H](N)CC1. The minimum atomic E-state index is -0.159. The topological polar surface area (TPSA) is 119 Å². The molecular formula is C18H25N7O2. The van der Waals surface area contributed by atoms with Crippen molar-refractivity contribution in [3.05, 3.63) is 24.8 Å². The van der Waals surface area contributed by atoms with Gasteiger partial charge in [0.05, 0.1) is 25.2 Å². The second-order valence-electron chi connectivity index (χ2n) is 6.49. The van der Waals surface area contributed by atoms with Crippen molar-refractivity contribution in [3.8, 4) is 17.3 Å². The number of urea groups is 1. The van der Waals surface area contributed by atoms with Crippen LogP contribution >= 0.6 is 0 Å². The van der Waals surface area contributed by atoms with Gasteiger partial charge < -0.3 is 15.8 Å². The number of ether oxygens (including phenoxy) is 1. The lowest BCUT2D eigenvalue weighted by Gasteiger charge is -2.35. The predicted octanol–water partition coefficient (Wildman–Crippen LogP) is 1.75. The van der Waals surface area contributed by atoms with E-state index in [2.05, 4.69) is 25.3 Å². The van der Waals surface area contributed by atoms with E-state index >= 15 is 0 Å². The number of hydrogen-bond donors (Lipinski definition) is 2. The Hall–Kier alpha value is -2.81. The molecule has 0 spiro atoms. The molecule has 3 N–H and O–H groups in total. The summed E-state index contributed by atoms with van der Waals surface area (Å²) in [6, 6.07) is 0.413. The smallest absolute Gasteiger partial charge is 0.323 e. The Morgan fingerprint density at radius 3 is 2.41 bits per heavy atom. The van der Waals surface area contributed by atoms with E-state index in [1.807, 2.05) is 6.92 Å². The average molecular weight is 371 g/mol. The number of carbonyl (C=O) groups is 1. The highest BCUT2D eigenvalue weighted by molar-refractivity contribution is 5.91. The van der Waals surface area contributed by atoms with Gasteiger partial charge in [-0.05, 0) is 32.6 Å².